The van der Waals surface area contributed by atoms with Crippen LogP contribution in [0, 0.1) is 0 Å². The molecule has 0 heterocycles. The number of carbonyl (C=O) groups excluding carboxylic acids is 2. The van der Waals surface area contributed by atoms with Crippen molar-refractivity contribution in [1.29, 1.82) is 0 Å². The number of sulfonamides is 1. The van der Waals surface area contributed by atoms with E-state index >= 15 is 0 Å². The molecule has 0 atom stereocenters. The molecule has 0 radical (unpaired) electrons. The zero-order chi connectivity index (χ0) is 24.8. The number of halogens is 3. The molecule has 0 spiro atoms. The van der Waals surface area contributed by atoms with E-state index in [0.29, 0.717) is 16.1 Å². The van der Waals surface area contributed by atoms with Crippen molar-refractivity contribution in [1.82, 2.24) is 4.31 Å². The highest BCUT2D eigenvalue weighted by molar-refractivity contribution is 7.89. The first-order chi connectivity index (χ1) is 15.4. The van der Waals surface area contributed by atoms with Crippen molar-refractivity contribution >= 4 is 33.2 Å². The van der Waals surface area contributed by atoms with Crippen LogP contribution in [-0.4, -0.2) is 44.7 Å². The third-order valence-electron chi connectivity index (χ3n) is 4.25. The van der Waals surface area contributed by atoms with E-state index in [1.54, 1.807) is 0 Å². The highest BCUT2D eigenvalue weighted by Crippen LogP contribution is 2.31. The number of hydrogen-bond donors (Lipinski definition) is 2. The van der Waals surface area contributed by atoms with Crippen molar-refractivity contribution in [3.63, 3.8) is 0 Å². The predicted molar refractivity (Wildman–Crippen MR) is 116 cm³/mol. The number of methoxy groups -OCH3 is 1. The van der Waals surface area contributed by atoms with Gasteiger partial charge < -0.3 is 15.4 Å². The Morgan fingerprint density at radius 3 is 2.42 bits per heavy atom. The minimum Gasteiger partial charge on any atom is -0.495 e. The molecule has 2 rings (SSSR count). The number of hydrogen-bond acceptors (Lipinski definition) is 5. The van der Waals surface area contributed by atoms with Crippen molar-refractivity contribution in [3.05, 3.63) is 60.7 Å². The normalized spacial score (nSPS) is 11.7. The van der Waals surface area contributed by atoms with E-state index in [0.717, 1.165) is 18.2 Å². The number of rotatable bonds is 9. The Morgan fingerprint density at radius 1 is 1.15 bits per heavy atom. The molecule has 0 aliphatic rings. The van der Waals surface area contributed by atoms with Gasteiger partial charge in [0.15, 0.2) is 0 Å². The topological polar surface area (TPSA) is 105 Å². The van der Waals surface area contributed by atoms with Gasteiger partial charge in [0.2, 0.25) is 21.8 Å². The molecule has 2 N–H and O–H groups in total. The van der Waals surface area contributed by atoms with E-state index in [1.165, 1.54) is 38.3 Å². The molecule has 2 aromatic rings. The van der Waals surface area contributed by atoms with Gasteiger partial charge in [0.05, 0.1) is 29.8 Å². The lowest BCUT2D eigenvalue weighted by Crippen LogP contribution is -2.38. The Balaban J connectivity index is 2.30. The summed E-state index contributed by atoms with van der Waals surface area (Å²) < 4.78 is 70.8. The summed E-state index contributed by atoms with van der Waals surface area (Å²) in [7, 11) is -3.11. The third kappa shape index (κ3) is 6.80. The summed E-state index contributed by atoms with van der Waals surface area (Å²) in [5.41, 5.74) is -0.618. The summed E-state index contributed by atoms with van der Waals surface area (Å²) >= 11 is 0. The quantitative estimate of drug-likeness (QED) is 0.529. The monoisotopic (exact) mass is 485 g/mol. The minimum atomic E-state index is -4.73. The van der Waals surface area contributed by atoms with Crippen LogP contribution in [0.4, 0.5) is 24.5 Å². The Morgan fingerprint density at radius 2 is 1.85 bits per heavy atom. The first-order valence-electron chi connectivity index (χ1n) is 9.42. The molecule has 0 unspecified atom stereocenters. The van der Waals surface area contributed by atoms with Crippen LogP contribution in [0.3, 0.4) is 0 Å². The molecule has 0 bridgehead atoms. The summed E-state index contributed by atoms with van der Waals surface area (Å²) in [5, 5.41) is 5.02. The average Bonchev–Trinajstić information content (AvgIpc) is 2.72. The van der Waals surface area contributed by atoms with Crippen molar-refractivity contribution in [2.24, 2.45) is 0 Å². The largest absolute Gasteiger partial charge is 0.495 e. The van der Waals surface area contributed by atoms with Gasteiger partial charge in [-0.15, -0.1) is 6.58 Å². The van der Waals surface area contributed by atoms with E-state index in [9.17, 15) is 31.2 Å². The molecule has 2 aromatic carbocycles. The van der Waals surface area contributed by atoms with Gasteiger partial charge in [-0.25, -0.2) is 8.42 Å². The number of amides is 2. The highest BCUT2D eigenvalue weighted by Gasteiger charge is 2.33. The van der Waals surface area contributed by atoms with Crippen LogP contribution in [0.1, 0.15) is 12.5 Å². The second-order valence-corrected chi connectivity index (χ2v) is 8.69. The number of benzene rings is 2. The zero-order valence-corrected chi connectivity index (χ0v) is 18.6. The van der Waals surface area contributed by atoms with Gasteiger partial charge in [0.1, 0.15) is 5.75 Å². The minimum absolute atomic E-state index is 0.156. The summed E-state index contributed by atoms with van der Waals surface area (Å²) in [5.74, 6) is -0.888. The maximum atomic E-state index is 13.0. The number of carbonyl (C=O) groups is 2. The number of ether oxygens (including phenoxy) is 1. The lowest BCUT2D eigenvalue weighted by molar-refractivity contribution is -0.137. The van der Waals surface area contributed by atoms with Gasteiger partial charge >= 0.3 is 6.18 Å². The molecule has 0 fully saturated rings. The lowest BCUT2D eigenvalue weighted by Gasteiger charge is -2.21. The van der Waals surface area contributed by atoms with Crippen LogP contribution in [0.15, 0.2) is 60.0 Å². The molecule has 33 heavy (non-hydrogen) atoms. The highest BCUT2D eigenvalue weighted by atomic mass is 32.2. The molecule has 0 aliphatic heterocycles. The smallest absolute Gasteiger partial charge is 0.416 e. The predicted octanol–water partition coefficient (Wildman–Crippen LogP) is 3.49. The van der Waals surface area contributed by atoms with Crippen molar-refractivity contribution in [2.75, 3.05) is 30.8 Å². The average molecular weight is 485 g/mol. The second kappa shape index (κ2) is 10.5. The van der Waals surface area contributed by atoms with Gasteiger partial charge in [-0.2, -0.15) is 17.5 Å². The Labute approximate surface area is 189 Å². The summed E-state index contributed by atoms with van der Waals surface area (Å²) in [6, 6.07) is 7.68. The summed E-state index contributed by atoms with van der Waals surface area (Å²) in [4.78, 5) is 23.3. The number of alkyl halides is 3. The van der Waals surface area contributed by atoms with Crippen LogP contribution in [0.5, 0.6) is 5.75 Å². The number of anilines is 2. The second-order valence-electron chi connectivity index (χ2n) is 6.76. The molecule has 0 aromatic heterocycles. The molecule has 2 amide bonds. The fraction of sp³-hybridized carbons (Fsp3) is 0.238. The lowest BCUT2D eigenvalue weighted by atomic mass is 10.2. The molecular formula is C21H22F3N3O5S. The van der Waals surface area contributed by atoms with Gasteiger partial charge in [-0.3, -0.25) is 9.59 Å². The standard InChI is InChI=1S/C21H22F3N3O5S/c1-4-10-27(33(30,31)17-7-5-6-15(11-17)21(22,23)24)13-20(29)26-18-12-16(25-14(2)28)8-9-19(18)32-3/h4-9,11-12H,1,10,13H2,2-3H3,(H,25,28)(H,26,29). The summed E-state index contributed by atoms with van der Waals surface area (Å²) in [6.07, 6.45) is -3.53. The van der Waals surface area contributed by atoms with Gasteiger partial charge in [0.25, 0.3) is 0 Å². The maximum Gasteiger partial charge on any atom is 0.416 e. The van der Waals surface area contributed by atoms with Crippen molar-refractivity contribution in [2.45, 2.75) is 18.0 Å². The van der Waals surface area contributed by atoms with E-state index < -0.39 is 39.1 Å². The molecule has 0 saturated heterocycles. The van der Waals surface area contributed by atoms with Crippen molar-refractivity contribution < 1.29 is 35.9 Å². The number of nitrogens with one attached hydrogen (secondary N) is 2. The molecule has 12 heteroatoms. The first kappa shape index (κ1) is 25.9. The fourth-order valence-electron chi connectivity index (χ4n) is 2.81. The number of nitrogens with zero attached hydrogens (tertiary/aromatic N) is 1. The Bertz CT molecular complexity index is 1150. The van der Waals surface area contributed by atoms with E-state index in [2.05, 4.69) is 17.2 Å². The van der Waals surface area contributed by atoms with Crippen LogP contribution in [0.25, 0.3) is 0 Å². The SMILES string of the molecule is C=CCN(CC(=O)Nc1cc(NC(C)=O)ccc1OC)S(=O)(=O)c1cccc(C(F)(F)F)c1. The van der Waals surface area contributed by atoms with Crippen LogP contribution < -0.4 is 15.4 Å². The maximum absolute atomic E-state index is 13.0. The zero-order valence-electron chi connectivity index (χ0n) is 17.8. The molecule has 8 nitrogen and oxygen atoms in total. The van der Waals surface area contributed by atoms with E-state index in [-0.39, 0.29) is 23.9 Å². The molecular weight excluding hydrogens is 463 g/mol. The summed E-state index contributed by atoms with van der Waals surface area (Å²) in [6.45, 7) is 3.71. The first-order valence-corrected chi connectivity index (χ1v) is 10.9. The Hall–Kier alpha value is -3.38. The van der Waals surface area contributed by atoms with Crippen LogP contribution in [-0.2, 0) is 25.8 Å². The van der Waals surface area contributed by atoms with Crippen LogP contribution in [0.2, 0.25) is 0 Å². The van der Waals surface area contributed by atoms with E-state index in [1.807, 2.05) is 0 Å². The van der Waals surface area contributed by atoms with Gasteiger partial charge in [0, 0.05) is 19.2 Å². The molecule has 0 aliphatic carbocycles. The molecule has 0 saturated carbocycles. The fourth-order valence-corrected chi connectivity index (χ4v) is 4.22. The third-order valence-corrected chi connectivity index (χ3v) is 6.05. The molecule has 178 valence electrons. The van der Waals surface area contributed by atoms with Gasteiger partial charge in [-0.1, -0.05) is 12.1 Å². The van der Waals surface area contributed by atoms with E-state index in [4.69, 9.17) is 4.74 Å². The van der Waals surface area contributed by atoms with Gasteiger partial charge in [-0.05, 0) is 36.4 Å². The van der Waals surface area contributed by atoms with Crippen LogP contribution >= 0.6 is 0 Å². The van der Waals surface area contributed by atoms with Crippen molar-refractivity contribution in [3.8, 4) is 5.75 Å². The Kier molecular flexibility index (Phi) is 8.23.